The number of anilines is 1. The molecule has 1 saturated carbocycles. The fraction of sp³-hybridized carbons (Fsp3) is 0.600. The molecule has 18 heavy (non-hydrogen) atoms. The summed E-state index contributed by atoms with van der Waals surface area (Å²) in [5.74, 6) is -0.132. The smallest absolute Gasteiger partial charge is 0.123 e. The molecule has 0 unspecified atom stereocenters. The van der Waals surface area contributed by atoms with Gasteiger partial charge in [-0.25, -0.2) is 4.39 Å². The van der Waals surface area contributed by atoms with Crippen molar-refractivity contribution >= 4 is 5.69 Å². The number of benzene rings is 1. The minimum absolute atomic E-state index is 0.0417. The van der Waals surface area contributed by atoms with Gasteiger partial charge in [-0.3, -0.25) is 0 Å². The summed E-state index contributed by atoms with van der Waals surface area (Å²) in [6.07, 6.45) is 5.91. The van der Waals surface area contributed by atoms with Crippen molar-refractivity contribution in [3.63, 3.8) is 0 Å². The van der Waals surface area contributed by atoms with E-state index in [-0.39, 0.29) is 11.2 Å². The van der Waals surface area contributed by atoms with Gasteiger partial charge in [0.05, 0.1) is 0 Å². The molecule has 1 saturated heterocycles. The van der Waals surface area contributed by atoms with Gasteiger partial charge in [-0.2, -0.15) is 0 Å². The van der Waals surface area contributed by atoms with Crippen LogP contribution in [0.2, 0.25) is 0 Å². The highest BCUT2D eigenvalue weighted by molar-refractivity contribution is 5.58. The van der Waals surface area contributed by atoms with E-state index in [0.29, 0.717) is 6.54 Å². The maximum atomic E-state index is 13.6. The molecule has 1 heterocycles. The van der Waals surface area contributed by atoms with Gasteiger partial charge in [0.15, 0.2) is 0 Å². The predicted octanol–water partition coefficient (Wildman–Crippen LogP) is 2.81. The van der Waals surface area contributed by atoms with Gasteiger partial charge in [0.1, 0.15) is 5.82 Å². The average molecular weight is 248 g/mol. The second-order valence-electron chi connectivity index (χ2n) is 5.69. The zero-order chi connectivity index (χ0) is 12.6. The van der Waals surface area contributed by atoms with Crippen LogP contribution in [-0.2, 0) is 5.41 Å². The first-order chi connectivity index (χ1) is 8.75. The van der Waals surface area contributed by atoms with Crippen molar-refractivity contribution in [2.75, 3.05) is 24.5 Å². The topological polar surface area (TPSA) is 29.3 Å². The maximum Gasteiger partial charge on any atom is 0.123 e. The Bertz CT molecular complexity index is 429. The van der Waals surface area contributed by atoms with E-state index >= 15 is 0 Å². The fourth-order valence-corrected chi connectivity index (χ4v) is 3.35. The van der Waals surface area contributed by atoms with E-state index in [1.165, 1.54) is 24.9 Å². The lowest BCUT2D eigenvalue weighted by molar-refractivity contribution is 0.252. The standard InChI is InChI=1S/C15H21FN2/c16-12-4-5-14(18-8-1-2-9-18)13(10-12)15(11-17)6-3-7-15/h4-5,10H,1-3,6-9,11,17H2. The van der Waals surface area contributed by atoms with Crippen molar-refractivity contribution in [1.82, 2.24) is 0 Å². The number of halogens is 1. The summed E-state index contributed by atoms with van der Waals surface area (Å²) in [5.41, 5.74) is 8.39. The molecule has 0 bridgehead atoms. The van der Waals surface area contributed by atoms with Crippen LogP contribution in [0.25, 0.3) is 0 Å². The molecule has 3 rings (SSSR count). The molecule has 1 aromatic rings. The van der Waals surface area contributed by atoms with Crippen LogP contribution in [-0.4, -0.2) is 19.6 Å². The molecule has 2 N–H and O–H groups in total. The lowest BCUT2D eigenvalue weighted by atomic mass is 9.64. The molecule has 3 heteroatoms. The third-order valence-electron chi connectivity index (χ3n) is 4.68. The molecule has 2 fully saturated rings. The Morgan fingerprint density at radius 2 is 1.89 bits per heavy atom. The van der Waals surface area contributed by atoms with Gasteiger partial charge >= 0.3 is 0 Å². The van der Waals surface area contributed by atoms with Gasteiger partial charge in [-0.15, -0.1) is 0 Å². The summed E-state index contributed by atoms with van der Waals surface area (Å²) in [4.78, 5) is 2.39. The van der Waals surface area contributed by atoms with Gasteiger partial charge in [0.2, 0.25) is 0 Å². The summed E-state index contributed by atoms with van der Waals surface area (Å²) >= 11 is 0. The lowest BCUT2D eigenvalue weighted by Gasteiger charge is -2.43. The molecule has 2 nitrogen and oxygen atoms in total. The lowest BCUT2D eigenvalue weighted by Crippen LogP contribution is -2.42. The van der Waals surface area contributed by atoms with Crippen LogP contribution in [0.5, 0.6) is 0 Å². The molecular weight excluding hydrogens is 227 g/mol. The summed E-state index contributed by atoms with van der Waals surface area (Å²) in [6.45, 7) is 2.83. The molecule has 1 aromatic carbocycles. The Labute approximate surface area is 108 Å². The molecule has 1 aliphatic heterocycles. The maximum absolute atomic E-state index is 13.6. The van der Waals surface area contributed by atoms with Crippen LogP contribution in [0.3, 0.4) is 0 Å². The van der Waals surface area contributed by atoms with Crippen molar-refractivity contribution in [2.45, 2.75) is 37.5 Å². The average Bonchev–Trinajstić information content (AvgIpc) is 2.82. The normalized spacial score (nSPS) is 22.0. The highest BCUT2D eigenvalue weighted by atomic mass is 19.1. The molecule has 2 aliphatic rings. The van der Waals surface area contributed by atoms with Crippen molar-refractivity contribution < 1.29 is 4.39 Å². The molecule has 0 amide bonds. The van der Waals surface area contributed by atoms with Gasteiger partial charge in [-0.05, 0) is 49.4 Å². The number of nitrogens with two attached hydrogens (primary N) is 1. The van der Waals surface area contributed by atoms with E-state index in [1.807, 2.05) is 6.07 Å². The van der Waals surface area contributed by atoms with Crippen LogP contribution in [0.1, 0.15) is 37.7 Å². The Hall–Kier alpha value is -1.09. The van der Waals surface area contributed by atoms with E-state index in [1.54, 1.807) is 12.1 Å². The molecule has 0 aromatic heterocycles. The van der Waals surface area contributed by atoms with Crippen LogP contribution in [0, 0.1) is 5.82 Å². The predicted molar refractivity (Wildman–Crippen MR) is 72.4 cm³/mol. The zero-order valence-electron chi connectivity index (χ0n) is 10.8. The summed E-state index contributed by atoms with van der Waals surface area (Å²) in [7, 11) is 0. The van der Waals surface area contributed by atoms with E-state index in [9.17, 15) is 4.39 Å². The number of rotatable bonds is 3. The first-order valence-corrected chi connectivity index (χ1v) is 7.00. The summed E-state index contributed by atoms with van der Waals surface area (Å²) in [5, 5.41) is 0. The van der Waals surface area contributed by atoms with Gasteiger partial charge in [0, 0.05) is 30.7 Å². The Morgan fingerprint density at radius 1 is 1.17 bits per heavy atom. The summed E-state index contributed by atoms with van der Waals surface area (Å²) < 4.78 is 13.6. The fourth-order valence-electron chi connectivity index (χ4n) is 3.35. The van der Waals surface area contributed by atoms with Crippen LogP contribution in [0.15, 0.2) is 18.2 Å². The Morgan fingerprint density at radius 3 is 2.44 bits per heavy atom. The van der Waals surface area contributed by atoms with E-state index in [0.717, 1.165) is 31.5 Å². The second-order valence-corrected chi connectivity index (χ2v) is 5.69. The highest BCUT2D eigenvalue weighted by Crippen LogP contribution is 2.47. The number of nitrogens with zero attached hydrogens (tertiary/aromatic N) is 1. The minimum Gasteiger partial charge on any atom is -0.371 e. The van der Waals surface area contributed by atoms with Crippen molar-refractivity contribution in [3.8, 4) is 0 Å². The van der Waals surface area contributed by atoms with Crippen molar-refractivity contribution in [1.29, 1.82) is 0 Å². The second kappa shape index (κ2) is 4.54. The van der Waals surface area contributed by atoms with Crippen LogP contribution < -0.4 is 10.6 Å². The monoisotopic (exact) mass is 248 g/mol. The Kier molecular flexibility index (Phi) is 3.02. The third kappa shape index (κ3) is 1.81. The quantitative estimate of drug-likeness (QED) is 0.891. The molecule has 0 radical (unpaired) electrons. The van der Waals surface area contributed by atoms with Crippen molar-refractivity contribution in [2.24, 2.45) is 5.73 Å². The SMILES string of the molecule is NCC1(c2cc(F)ccc2N2CCCC2)CCC1. The van der Waals surface area contributed by atoms with E-state index in [4.69, 9.17) is 5.73 Å². The number of hydrogen-bond donors (Lipinski definition) is 1. The van der Waals surface area contributed by atoms with E-state index < -0.39 is 0 Å². The van der Waals surface area contributed by atoms with Gasteiger partial charge < -0.3 is 10.6 Å². The molecule has 0 atom stereocenters. The largest absolute Gasteiger partial charge is 0.371 e. The van der Waals surface area contributed by atoms with Crippen LogP contribution in [0.4, 0.5) is 10.1 Å². The van der Waals surface area contributed by atoms with Gasteiger partial charge in [0.25, 0.3) is 0 Å². The molecular formula is C15H21FN2. The first-order valence-electron chi connectivity index (χ1n) is 7.00. The Balaban J connectivity index is 2.02. The molecule has 0 spiro atoms. The van der Waals surface area contributed by atoms with E-state index in [2.05, 4.69) is 4.90 Å². The van der Waals surface area contributed by atoms with Crippen molar-refractivity contribution in [3.05, 3.63) is 29.6 Å². The first kappa shape index (κ1) is 12.0. The highest BCUT2D eigenvalue weighted by Gasteiger charge is 2.40. The number of hydrogen-bond acceptors (Lipinski definition) is 2. The minimum atomic E-state index is -0.132. The van der Waals surface area contributed by atoms with Crippen LogP contribution >= 0.6 is 0 Å². The third-order valence-corrected chi connectivity index (χ3v) is 4.68. The molecule has 1 aliphatic carbocycles. The molecule has 98 valence electrons. The summed E-state index contributed by atoms with van der Waals surface area (Å²) in [6, 6.07) is 5.26. The van der Waals surface area contributed by atoms with Gasteiger partial charge in [-0.1, -0.05) is 6.42 Å². The zero-order valence-corrected chi connectivity index (χ0v) is 10.8.